The van der Waals surface area contributed by atoms with Crippen molar-refractivity contribution in [2.45, 2.75) is 38.4 Å². The summed E-state index contributed by atoms with van der Waals surface area (Å²) in [7, 11) is 0. The Morgan fingerprint density at radius 2 is 2.20 bits per heavy atom. The quantitative estimate of drug-likeness (QED) is 0.763. The smallest absolute Gasteiger partial charge is 0.307 e. The molecule has 1 heterocycles. The van der Waals surface area contributed by atoms with Gasteiger partial charge in [-0.2, -0.15) is 0 Å². The summed E-state index contributed by atoms with van der Waals surface area (Å²) in [6.07, 6.45) is -1.03. The van der Waals surface area contributed by atoms with Crippen molar-refractivity contribution in [1.82, 2.24) is 0 Å². The number of carboxylic acid groups (broad SMARTS) is 1. The minimum Gasteiger partial charge on any atom is -0.508 e. The maximum absolute atomic E-state index is 12.2. The van der Waals surface area contributed by atoms with Crippen molar-refractivity contribution >= 4 is 11.8 Å². The zero-order valence-corrected chi connectivity index (χ0v) is 11.0. The SMILES string of the molecule is C[C@H](O)C[C@@H]1CC(=O)c2c(CC(=O)O)cc(O)cc2O1. The Hall–Kier alpha value is -2.08. The number of aliphatic carboxylic acids is 1. The summed E-state index contributed by atoms with van der Waals surface area (Å²) in [4.78, 5) is 23.0. The van der Waals surface area contributed by atoms with Crippen LogP contribution in [0.2, 0.25) is 0 Å². The molecule has 2 rings (SSSR count). The van der Waals surface area contributed by atoms with E-state index in [4.69, 9.17) is 9.84 Å². The first-order valence-electron chi connectivity index (χ1n) is 6.32. The van der Waals surface area contributed by atoms with E-state index in [1.807, 2.05) is 0 Å². The van der Waals surface area contributed by atoms with Crippen LogP contribution in [0.1, 0.15) is 35.7 Å². The first kappa shape index (κ1) is 14.3. The fourth-order valence-corrected chi connectivity index (χ4v) is 2.41. The highest BCUT2D eigenvalue weighted by Crippen LogP contribution is 2.35. The summed E-state index contributed by atoms with van der Waals surface area (Å²) in [5.41, 5.74) is 0.458. The van der Waals surface area contributed by atoms with E-state index in [2.05, 4.69) is 0 Å². The molecule has 0 unspecified atom stereocenters. The highest BCUT2D eigenvalue weighted by atomic mass is 16.5. The maximum Gasteiger partial charge on any atom is 0.307 e. The number of aromatic hydroxyl groups is 1. The van der Waals surface area contributed by atoms with Gasteiger partial charge in [0.05, 0.1) is 18.1 Å². The van der Waals surface area contributed by atoms with Gasteiger partial charge >= 0.3 is 5.97 Å². The third-order valence-electron chi connectivity index (χ3n) is 3.10. The van der Waals surface area contributed by atoms with Crippen LogP contribution in [0.4, 0.5) is 0 Å². The zero-order chi connectivity index (χ0) is 14.9. The van der Waals surface area contributed by atoms with E-state index in [1.165, 1.54) is 12.1 Å². The molecule has 0 spiro atoms. The second-order valence-corrected chi connectivity index (χ2v) is 5.00. The van der Waals surface area contributed by atoms with Gasteiger partial charge in [0.25, 0.3) is 0 Å². The molecule has 0 saturated heterocycles. The van der Waals surface area contributed by atoms with Crippen LogP contribution in [0.5, 0.6) is 11.5 Å². The normalized spacial score (nSPS) is 19.1. The van der Waals surface area contributed by atoms with Crippen LogP contribution < -0.4 is 4.74 Å². The molecule has 0 fully saturated rings. The molecule has 1 aromatic carbocycles. The van der Waals surface area contributed by atoms with Crippen LogP contribution in [0.3, 0.4) is 0 Å². The van der Waals surface area contributed by atoms with Crippen LogP contribution in [-0.2, 0) is 11.2 Å². The number of Topliss-reactive ketones (excluding diaryl/α,β-unsaturated/α-hetero) is 1. The summed E-state index contributed by atoms with van der Waals surface area (Å²) in [5, 5.41) is 27.8. The summed E-state index contributed by atoms with van der Waals surface area (Å²) in [6.45, 7) is 1.60. The van der Waals surface area contributed by atoms with E-state index in [0.29, 0.717) is 6.42 Å². The lowest BCUT2D eigenvalue weighted by Crippen LogP contribution is -2.30. The van der Waals surface area contributed by atoms with Crippen molar-refractivity contribution in [3.63, 3.8) is 0 Å². The standard InChI is InChI=1S/C14H16O6/c1-7(15)2-10-6-11(17)14-8(4-13(18)19)3-9(16)5-12(14)20-10/h3,5,7,10,15-16H,2,4,6H2,1H3,(H,18,19)/t7-,10+/m0/s1. The molecule has 1 aliphatic rings. The molecule has 6 nitrogen and oxygen atoms in total. The first-order chi connectivity index (χ1) is 9.36. The fourth-order valence-electron chi connectivity index (χ4n) is 2.41. The molecule has 3 N–H and O–H groups in total. The third kappa shape index (κ3) is 3.08. The molecule has 108 valence electrons. The Labute approximate surface area is 115 Å². The largest absolute Gasteiger partial charge is 0.508 e. The van der Waals surface area contributed by atoms with Crippen LogP contribution in [0, 0.1) is 0 Å². The van der Waals surface area contributed by atoms with Crippen molar-refractivity contribution in [2.75, 3.05) is 0 Å². The third-order valence-corrected chi connectivity index (χ3v) is 3.10. The van der Waals surface area contributed by atoms with E-state index in [9.17, 15) is 19.8 Å². The number of aliphatic hydroxyl groups is 1. The first-order valence-corrected chi connectivity index (χ1v) is 6.32. The molecule has 2 atom stereocenters. The van der Waals surface area contributed by atoms with Gasteiger partial charge in [-0.05, 0) is 18.6 Å². The molecule has 0 saturated carbocycles. The molecule has 0 aliphatic carbocycles. The van der Waals surface area contributed by atoms with E-state index < -0.39 is 18.2 Å². The summed E-state index contributed by atoms with van der Waals surface area (Å²) < 4.78 is 5.58. The lowest BCUT2D eigenvalue weighted by atomic mass is 9.92. The van der Waals surface area contributed by atoms with Gasteiger partial charge < -0.3 is 20.1 Å². The predicted molar refractivity (Wildman–Crippen MR) is 69.1 cm³/mol. The molecular weight excluding hydrogens is 264 g/mol. The van der Waals surface area contributed by atoms with Gasteiger partial charge in [-0.15, -0.1) is 0 Å². The number of ketones is 1. The number of carbonyl (C=O) groups is 2. The molecule has 20 heavy (non-hydrogen) atoms. The average molecular weight is 280 g/mol. The molecule has 0 amide bonds. The molecule has 6 heteroatoms. The second-order valence-electron chi connectivity index (χ2n) is 5.00. The number of ether oxygens (including phenoxy) is 1. The molecule has 0 radical (unpaired) electrons. The average Bonchev–Trinajstić information content (AvgIpc) is 2.24. The van der Waals surface area contributed by atoms with Crippen molar-refractivity contribution in [1.29, 1.82) is 0 Å². The van der Waals surface area contributed by atoms with E-state index in [-0.39, 0.29) is 41.3 Å². The van der Waals surface area contributed by atoms with Crippen LogP contribution in [-0.4, -0.2) is 39.3 Å². The van der Waals surface area contributed by atoms with Crippen LogP contribution in [0.15, 0.2) is 12.1 Å². The van der Waals surface area contributed by atoms with E-state index in [0.717, 1.165) is 0 Å². The molecule has 1 aliphatic heterocycles. The summed E-state index contributed by atoms with van der Waals surface area (Å²) in [5.74, 6) is -1.28. The van der Waals surface area contributed by atoms with Gasteiger partial charge in [0.2, 0.25) is 0 Å². The number of fused-ring (bicyclic) bond motifs is 1. The van der Waals surface area contributed by atoms with Gasteiger partial charge in [-0.3, -0.25) is 9.59 Å². The van der Waals surface area contributed by atoms with Crippen molar-refractivity contribution in [3.05, 3.63) is 23.3 Å². The molecular formula is C14H16O6. The topological polar surface area (TPSA) is 104 Å². The lowest BCUT2D eigenvalue weighted by Gasteiger charge is -2.27. The van der Waals surface area contributed by atoms with Crippen LogP contribution >= 0.6 is 0 Å². The van der Waals surface area contributed by atoms with Gasteiger partial charge in [-0.1, -0.05) is 0 Å². The Morgan fingerprint density at radius 3 is 2.80 bits per heavy atom. The number of phenolic OH excluding ortho intramolecular Hbond substituents is 1. The second kappa shape index (κ2) is 5.50. The number of carbonyl (C=O) groups excluding carboxylic acids is 1. The minimum absolute atomic E-state index is 0.0926. The Bertz CT molecular complexity index is 549. The van der Waals surface area contributed by atoms with Crippen molar-refractivity contribution in [3.8, 4) is 11.5 Å². The van der Waals surface area contributed by atoms with Gasteiger partial charge in [-0.25, -0.2) is 0 Å². The number of benzene rings is 1. The van der Waals surface area contributed by atoms with E-state index in [1.54, 1.807) is 6.92 Å². The number of hydrogen-bond acceptors (Lipinski definition) is 5. The molecule has 0 aromatic heterocycles. The van der Waals surface area contributed by atoms with Crippen molar-refractivity contribution in [2.24, 2.45) is 0 Å². The monoisotopic (exact) mass is 280 g/mol. The van der Waals surface area contributed by atoms with Crippen molar-refractivity contribution < 1.29 is 29.6 Å². The minimum atomic E-state index is -1.09. The molecule has 1 aromatic rings. The fraction of sp³-hybridized carbons (Fsp3) is 0.429. The highest BCUT2D eigenvalue weighted by Gasteiger charge is 2.30. The van der Waals surface area contributed by atoms with Gasteiger partial charge in [0, 0.05) is 18.9 Å². The number of carboxylic acids is 1. The summed E-state index contributed by atoms with van der Waals surface area (Å²) >= 11 is 0. The zero-order valence-electron chi connectivity index (χ0n) is 11.0. The van der Waals surface area contributed by atoms with Gasteiger partial charge in [0.1, 0.15) is 17.6 Å². The predicted octanol–water partition coefficient (Wildman–Crippen LogP) is 1.12. The number of aliphatic hydroxyl groups excluding tert-OH is 1. The van der Waals surface area contributed by atoms with Gasteiger partial charge in [0.15, 0.2) is 5.78 Å². The number of rotatable bonds is 4. The Balaban J connectivity index is 2.37. The number of phenols is 1. The Kier molecular flexibility index (Phi) is 3.94. The number of hydrogen-bond donors (Lipinski definition) is 3. The maximum atomic E-state index is 12.2. The summed E-state index contributed by atoms with van der Waals surface area (Å²) in [6, 6.07) is 2.57. The lowest BCUT2D eigenvalue weighted by molar-refractivity contribution is -0.136. The Morgan fingerprint density at radius 1 is 1.50 bits per heavy atom. The molecule has 0 bridgehead atoms. The van der Waals surface area contributed by atoms with Crippen LogP contribution in [0.25, 0.3) is 0 Å². The van der Waals surface area contributed by atoms with E-state index >= 15 is 0 Å². The highest BCUT2D eigenvalue weighted by molar-refractivity contribution is 6.02.